The van der Waals surface area contributed by atoms with Gasteiger partial charge in [0, 0.05) is 17.7 Å². The molecule has 2 aromatic heterocycles. The van der Waals surface area contributed by atoms with Crippen molar-refractivity contribution in [1.29, 1.82) is 0 Å². The summed E-state index contributed by atoms with van der Waals surface area (Å²) in [5.74, 6) is 0. The molecule has 0 aliphatic heterocycles. The van der Waals surface area contributed by atoms with Crippen LogP contribution in [0.25, 0.3) is 27.2 Å². The Morgan fingerprint density at radius 1 is 0.619 bits per heavy atom. The van der Waals surface area contributed by atoms with Gasteiger partial charge in [0.15, 0.2) is 6.20 Å². The second-order valence-electron chi connectivity index (χ2n) is 4.97. The number of rotatable bonds is 2. The monoisotopic (exact) mass is 288 g/mol. The lowest BCUT2D eigenvalue weighted by molar-refractivity contribution is -0.495. The minimum Gasteiger partial charge on any atom is -0.150 e. The zero-order chi connectivity index (χ0) is 14.1. The van der Waals surface area contributed by atoms with Crippen LogP contribution in [0, 0.1) is 0 Å². The fraction of sp³-hybridized carbons (Fsp3) is 0. The van der Waals surface area contributed by atoms with Crippen molar-refractivity contribution >= 4 is 16.2 Å². The SMILES string of the molecule is c1ccc(-c2ccc(-c3csc4cccc[n+]34)cc2)cc1. The van der Waals surface area contributed by atoms with Gasteiger partial charge in [0.05, 0.1) is 5.38 Å². The lowest BCUT2D eigenvalue weighted by Gasteiger charge is -2.01. The van der Waals surface area contributed by atoms with Crippen molar-refractivity contribution in [2.75, 3.05) is 0 Å². The van der Waals surface area contributed by atoms with E-state index < -0.39 is 0 Å². The summed E-state index contributed by atoms with van der Waals surface area (Å²) in [4.78, 5) is 1.26. The van der Waals surface area contributed by atoms with E-state index in [9.17, 15) is 0 Å². The summed E-state index contributed by atoms with van der Waals surface area (Å²) in [7, 11) is 0. The lowest BCUT2D eigenvalue weighted by Crippen LogP contribution is -2.19. The molecular formula is C19H14NS+. The molecule has 0 bridgehead atoms. The minimum atomic E-state index is 1.25. The van der Waals surface area contributed by atoms with Crippen molar-refractivity contribution in [2.45, 2.75) is 0 Å². The second kappa shape index (κ2) is 5.15. The summed E-state index contributed by atoms with van der Waals surface area (Å²) in [5, 5.41) is 2.22. The molecule has 2 aromatic carbocycles. The van der Waals surface area contributed by atoms with Gasteiger partial charge < -0.3 is 0 Å². The number of benzene rings is 2. The molecule has 0 saturated heterocycles. The summed E-state index contributed by atoms with van der Waals surface area (Å²) in [5.41, 5.74) is 5.00. The molecule has 1 nitrogen and oxygen atoms in total. The van der Waals surface area contributed by atoms with Crippen LogP contribution in [0.5, 0.6) is 0 Å². The summed E-state index contributed by atoms with van der Waals surface area (Å²) in [6, 6.07) is 25.6. The van der Waals surface area contributed by atoms with E-state index in [2.05, 4.69) is 82.7 Å². The van der Waals surface area contributed by atoms with E-state index in [1.165, 1.54) is 27.2 Å². The van der Waals surface area contributed by atoms with Crippen LogP contribution in [0.15, 0.2) is 84.4 Å². The van der Waals surface area contributed by atoms with Crippen LogP contribution in [-0.2, 0) is 0 Å². The first-order valence-electron chi connectivity index (χ1n) is 6.95. The van der Waals surface area contributed by atoms with Crippen LogP contribution >= 0.6 is 11.3 Å². The topological polar surface area (TPSA) is 4.10 Å². The van der Waals surface area contributed by atoms with E-state index in [0.29, 0.717) is 0 Å². The first-order chi connectivity index (χ1) is 10.4. The molecule has 4 rings (SSSR count). The van der Waals surface area contributed by atoms with Gasteiger partial charge in [-0.15, -0.1) is 0 Å². The summed E-state index contributed by atoms with van der Waals surface area (Å²) in [6.45, 7) is 0. The van der Waals surface area contributed by atoms with Crippen LogP contribution in [0.1, 0.15) is 0 Å². The van der Waals surface area contributed by atoms with Crippen LogP contribution in [0.2, 0.25) is 0 Å². The molecule has 0 unspecified atom stereocenters. The Kier molecular flexibility index (Phi) is 3.02. The fourth-order valence-electron chi connectivity index (χ4n) is 2.57. The zero-order valence-corrected chi connectivity index (χ0v) is 12.3. The van der Waals surface area contributed by atoms with Crippen molar-refractivity contribution in [2.24, 2.45) is 0 Å². The third-order valence-corrected chi connectivity index (χ3v) is 4.58. The van der Waals surface area contributed by atoms with Gasteiger partial charge in [-0.3, -0.25) is 0 Å². The van der Waals surface area contributed by atoms with Crippen molar-refractivity contribution < 1.29 is 4.40 Å². The molecule has 0 aliphatic carbocycles. The Morgan fingerprint density at radius 2 is 1.29 bits per heavy atom. The van der Waals surface area contributed by atoms with Gasteiger partial charge in [-0.1, -0.05) is 53.8 Å². The summed E-state index contributed by atoms with van der Waals surface area (Å²) in [6.07, 6.45) is 2.12. The normalized spacial score (nSPS) is 10.9. The first-order valence-corrected chi connectivity index (χ1v) is 7.83. The third kappa shape index (κ3) is 2.24. The molecular weight excluding hydrogens is 274 g/mol. The summed E-state index contributed by atoms with van der Waals surface area (Å²) >= 11 is 1.77. The molecule has 0 atom stereocenters. The highest BCUT2D eigenvalue weighted by atomic mass is 32.1. The smallest absolute Gasteiger partial charge is 0.150 e. The predicted octanol–water partition coefficient (Wildman–Crippen LogP) is 4.82. The van der Waals surface area contributed by atoms with E-state index in [1.54, 1.807) is 11.3 Å². The number of aromatic nitrogens is 1. The highest BCUT2D eigenvalue weighted by molar-refractivity contribution is 7.15. The Bertz CT molecular complexity index is 876. The van der Waals surface area contributed by atoms with Gasteiger partial charge in [0.2, 0.25) is 5.69 Å². The molecule has 0 amide bonds. The molecule has 100 valence electrons. The molecule has 0 fully saturated rings. The highest BCUT2D eigenvalue weighted by Gasteiger charge is 2.14. The molecule has 0 saturated carbocycles. The minimum absolute atomic E-state index is 1.25. The number of nitrogens with zero attached hydrogens (tertiary/aromatic N) is 1. The van der Waals surface area contributed by atoms with E-state index in [1.807, 2.05) is 6.07 Å². The van der Waals surface area contributed by atoms with Crippen LogP contribution < -0.4 is 4.40 Å². The van der Waals surface area contributed by atoms with Gasteiger partial charge in [-0.05, 0) is 29.3 Å². The van der Waals surface area contributed by atoms with E-state index in [4.69, 9.17) is 0 Å². The Morgan fingerprint density at radius 3 is 2.10 bits per heavy atom. The predicted molar refractivity (Wildman–Crippen MR) is 88.4 cm³/mol. The van der Waals surface area contributed by atoms with E-state index >= 15 is 0 Å². The number of thiazole rings is 1. The number of hydrogen-bond donors (Lipinski definition) is 0. The maximum Gasteiger partial charge on any atom is 0.267 e. The standard InChI is InChI=1S/C19H14NS/c1-2-6-15(7-3-1)16-9-11-17(12-10-16)18-14-21-19-8-4-5-13-20(18)19/h1-14H/q+1. The van der Waals surface area contributed by atoms with E-state index in [0.717, 1.165) is 0 Å². The number of pyridine rings is 1. The van der Waals surface area contributed by atoms with Gasteiger partial charge >= 0.3 is 0 Å². The lowest BCUT2D eigenvalue weighted by atomic mass is 10.0. The molecule has 2 heterocycles. The molecule has 0 N–H and O–H groups in total. The number of fused-ring (bicyclic) bond motifs is 1. The molecule has 0 aliphatic rings. The quantitative estimate of drug-likeness (QED) is 0.466. The molecule has 2 heteroatoms. The second-order valence-corrected chi connectivity index (χ2v) is 5.86. The van der Waals surface area contributed by atoms with Gasteiger partial charge in [0.25, 0.3) is 4.83 Å². The van der Waals surface area contributed by atoms with Crippen molar-refractivity contribution in [3.05, 3.63) is 84.4 Å². The van der Waals surface area contributed by atoms with Gasteiger partial charge in [0.1, 0.15) is 0 Å². The maximum atomic E-state index is 2.24. The largest absolute Gasteiger partial charge is 0.267 e. The van der Waals surface area contributed by atoms with Crippen molar-refractivity contribution in [3.8, 4) is 22.4 Å². The van der Waals surface area contributed by atoms with Crippen LogP contribution in [-0.4, -0.2) is 0 Å². The Hall–Kier alpha value is -2.45. The Balaban J connectivity index is 1.77. The van der Waals surface area contributed by atoms with E-state index in [-0.39, 0.29) is 0 Å². The van der Waals surface area contributed by atoms with Crippen molar-refractivity contribution in [3.63, 3.8) is 0 Å². The highest BCUT2D eigenvalue weighted by Crippen LogP contribution is 2.25. The molecule has 0 radical (unpaired) electrons. The molecule has 4 aromatic rings. The average molecular weight is 288 g/mol. The Labute approximate surface area is 127 Å². The maximum absolute atomic E-state index is 2.24. The average Bonchev–Trinajstić information content (AvgIpc) is 3.00. The van der Waals surface area contributed by atoms with Crippen LogP contribution in [0.3, 0.4) is 0 Å². The molecule has 21 heavy (non-hydrogen) atoms. The third-order valence-electron chi connectivity index (χ3n) is 3.66. The summed E-state index contributed by atoms with van der Waals surface area (Å²) < 4.78 is 2.24. The van der Waals surface area contributed by atoms with Gasteiger partial charge in [-0.2, -0.15) is 4.40 Å². The zero-order valence-electron chi connectivity index (χ0n) is 11.4. The molecule has 0 spiro atoms. The first kappa shape index (κ1) is 12.3. The van der Waals surface area contributed by atoms with Crippen LogP contribution in [0.4, 0.5) is 0 Å². The number of hydrogen-bond acceptors (Lipinski definition) is 1. The van der Waals surface area contributed by atoms with Crippen molar-refractivity contribution in [1.82, 2.24) is 0 Å². The van der Waals surface area contributed by atoms with Gasteiger partial charge in [-0.25, -0.2) is 0 Å². The fourth-order valence-corrected chi connectivity index (χ4v) is 3.48.